The summed E-state index contributed by atoms with van der Waals surface area (Å²) in [6.07, 6.45) is 8.47. The number of fused-ring (bicyclic) bond motifs is 1. The largest absolute Gasteiger partial charge is 0.390 e. The molecule has 0 radical (unpaired) electrons. The Kier molecular flexibility index (Phi) is 18.0. The van der Waals surface area contributed by atoms with Crippen LogP contribution in [0.2, 0.25) is 0 Å². The van der Waals surface area contributed by atoms with Crippen LogP contribution in [0.25, 0.3) is 0 Å². The summed E-state index contributed by atoms with van der Waals surface area (Å²) in [5.74, 6) is 0.0440. The van der Waals surface area contributed by atoms with Gasteiger partial charge in [-0.05, 0) is 44.9 Å². The molecule has 1 aromatic carbocycles. The molecular formula is C28H39N5OS. The molecule has 188 valence electrons. The van der Waals surface area contributed by atoms with Crippen LogP contribution >= 0.6 is 11.8 Å². The summed E-state index contributed by atoms with van der Waals surface area (Å²) in [6.45, 7) is 15.8. The molecule has 2 aromatic rings. The zero-order chi connectivity index (χ0) is 26.5. The summed E-state index contributed by atoms with van der Waals surface area (Å²) in [6, 6.07) is 14.4. The third-order valence-electron chi connectivity index (χ3n) is 4.29. The molecule has 7 heteroatoms. The van der Waals surface area contributed by atoms with Gasteiger partial charge in [-0.25, -0.2) is 4.99 Å². The molecule has 1 aliphatic heterocycles. The van der Waals surface area contributed by atoms with Gasteiger partial charge in [-0.15, -0.1) is 13.2 Å². The lowest BCUT2D eigenvalue weighted by atomic mass is 10.1. The minimum Gasteiger partial charge on any atom is -0.390 e. The van der Waals surface area contributed by atoms with Crippen molar-refractivity contribution in [1.29, 1.82) is 5.41 Å². The molecule has 0 spiro atoms. The molecule has 0 saturated carbocycles. The van der Waals surface area contributed by atoms with Crippen LogP contribution in [0.15, 0.2) is 94.5 Å². The molecule has 0 unspecified atom stereocenters. The average Bonchev–Trinajstić information content (AvgIpc) is 3.01. The molecule has 4 N–H and O–H groups in total. The van der Waals surface area contributed by atoms with Crippen molar-refractivity contribution in [3.63, 3.8) is 0 Å². The quantitative estimate of drug-likeness (QED) is 0.243. The first-order valence-corrected chi connectivity index (χ1v) is 12.4. The van der Waals surface area contributed by atoms with Crippen molar-refractivity contribution in [3.05, 3.63) is 95.8 Å². The second-order valence-corrected chi connectivity index (χ2v) is 8.20. The number of hydrogen-bond donors (Lipinski definition) is 3. The number of rotatable bonds is 6. The van der Waals surface area contributed by atoms with Crippen molar-refractivity contribution in [2.45, 2.75) is 51.9 Å². The van der Waals surface area contributed by atoms with Crippen molar-refractivity contribution in [2.24, 2.45) is 10.7 Å². The molecule has 0 saturated heterocycles. The highest BCUT2D eigenvalue weighted by atomic mass is 32.2. The molecular weight excluding hydrogens is 454 g/mol. The predicted octanol–water partition coefficient (Wildman–Crippen LogP) is 6.50. The third kappa shape index (κ3) is 12.5. The van der Waals surface area contributed by atoms with Gasteiger partial charge < -0.3 is 11.1 Å². The van der Waals surface area contributed by atoms with E-state index in [4.69, 9.17) is 10.4 Å². The fraction of sp³-hybridized carbons (Fsp3) is 0.286. The fourth-order valence-corrected chi connectivity index (χ4v) is 3.73. The standard InChI is InChI=1S/C17H16N2S.C6H11NO.C4H8.CH4N2/c1-3-14-12(2)20-16-10-5-4-8-13(16)17(19-14)15-9-6-7-11-18-15;1-3-5-6(8)7-4-2;1-3-4-2;2-1-3/h4-11H,3H2,1-2H3;3H,1,4-5H2,2H3,(H,7,8);3H,1,4H2,2H3;1H,(H3,2,3). The van der Waals surface area contributed by atoms with Crippen LogP contribution in [0.3, 0.4) is 0 Å². The van der Waals surface area contributed by atoms with Crippen molar-refractivity contribution < 1.29 is 4.79 Å². The van der Waals surface area contributed by atoms with Crippen LogP contribution in [0.5, 0.6) is 0 Å². The van der Waals surface area contributed by atoms with Gasteiger partial charge in [0, 0.05) is 34.5 Å². The van der Waals surface area contributed by atoms with E-state index in [2.05, 4.69) is 74.2 Å². The van der Waals surface area contributed by atoms with Gasteiger partial charge in [0.2, 0.25) is 5.91 Å². The van der Waals surface area contributed by atoms with Gasteiger partial charge in [-0.3, -0.25) is 15.2 Å². The van der Waals surface area contributed by atoms with Crippen LogP contribution in [0, 0.1) is 5.41 Å². The number of hydrogen-bond acceptors (Lipinski definition) is 5. The minimum absolute atomic E-state index is 0.0440. The minimum atomic E-state index is 0.0440. The maximum Gasteiger partial charge on any atom is 0.223 e. The summed E-state index contributed by atoms with van der Waals surface area (Å²) in [5.41, 5.74) is 8.61. The Labute approximate surface area is 215 Å². The van der Waals surface area contributed by atoms with E-state index < -0.39 is 0 Å². The summed E-state index contributed by atoms with van der Waals surface area (Å²) < 4.78 is 0. The number of carbonyl (C=O) groups is 1. The van der Waals surface area contributed by atoms with Gasteiger partial charge in [0.25, 0.3) is 0 Å². The van der Waals surface area contributed by atoms with Gasteiger partial charge in [-0.1, -0.05) is 62.0 Å². The number of benzene rings is 1. The molecule has 0 atom stereocenters. The van der Waals surface area contributed by atoms with Gasteiger partial charge in [0.15, 0.2) is 0 Å². The normalized spacial score (nSPS) is 11.3. The number of amides is 1. The fourth-order valence-electron chi connectivity index (χ4n) is 2.68. The molecule has 1 amide bonds. The van der Waals surface area contributed by atoms with Crippen molar-refractivity contribution in [3.8, 4) is 0 Å². The Morgan fingerprint density at radius 2 is 1.74 bits per heavy atom. The maximum absolute atomic E-state index is 10.5. The first-order valence-electron chi connectivity index (χ1n) is 11.6. The number of nitrogens with zero attached hydrogens (tertiary/aromatic N) is 2. The Bertz CT molecular complexity index is 984. The SMILES string of the molecule is C=CCC.C=CCC(=O)NCC.CCC1=C(C)Sc2ccccc2C(c2ccccn2)=N1.N=CN. The number of pyridine rings is 1. The topological polar surface area (TPSA) is 104 Å². The first-order chi connectivity index (χ1) is 16.9. The lowest BCUT2D eigenvalue weighted by molar-refractivity contribution is -0.120. The summed E-state index contributed by atoms with van der Waals surface area (Å²) in [7, 11) is 0. The molecule has 0 fully saturated rings. The average molecular weight is 494 g/mol. The number of nitrogens with one attached hydrogen (secondary N) is 2. The van der Waals surface area contributed by atoms with E-state index in [1.807, 2.05) is 37.4 Å². The number of allylic oxidation sites excluding steroid dienone is 3. The number of thioether (sulfide) groups is 1. The van der Waals surface area contributed by atoms with Crippen LogP contribution in [-0.2, 0) is 4.79 Å². The highest BCUT2D eigenvalue weighted by molar-refractivity contribution is 8.03. The summed E-state index contributed by atoms with van der Waals surface area (Å²) in [4.78, 5) is 22.4. The second-order valence-electron chi connectivity index (χ2n) is 6.94. The lowest BCUT2D eigenvalue weighted by Crippen LogP contribution is -2.21. The first kappa shape index (κ1) is 31.6. The molecule has 3 rings (SSSR count). The summed E-state index contributed by atoms with van der Waals surface area (Å²) >= 11 is 1.80. The molecule has 2 heterocycles. The Balaban J connectivity index is 0.000000641. The summed E-state index contributed by atoms with van der Waals surface area (Å²) in [5, 5.41) is 8.50. The zero-order valence-corrected chi connectivity index (χ0v) is 22.2. The van der Waals surface area contributed by atoms with Gasteiger partial charge in [0.05, 0.1) is 23.4 Å². The predicted molar refractivity (Wildman–Crippen MR) is 152 cm³/mol. The van der Waals surface area contributed by atoms with E-state index in [0.717, 1.165) is 36.3 Å². The Morgan fingerprint density at radius 3 is 2.26 bits per heavy atom. The second kappa shape index (κ2) is 20.0. The monoisotopic (exact) mass is 493 g/mol. The lowest BCUT2D eigenvalue weighted by Gasteiger charge is -2.08. The van der Waals surface area contributed by atoms with Crippen LogP contribution in [0.4, 0.5) is 0 Å². The van der Waals surface area contributed by atoms with Crippen molar-refractivity contribution >= 4 is 29.7 Å². The van der Waals surface area contributed by atoms with Gasteiger partial charge in [0.1, 0.15) is 0 Å². The molecule has 0 aliphatic carbocycles. The molecule has 6 nitrogen and oxygen atoms in total. The smallest absolute Gasteiger partial charge is 0.223 e. The van der Waals surface area contributed by atoms with E-state index in [9.17, 15) is 4.79 Å². The number of aromatic nitrogens is 1. The van der Waals surface area contributed by atoms with Crippen LogP contribution in [-0.4, -0.2) is 29.5 Å². The van der Waals surface area contributed by atoms with Crippen molar-refractivity contribution in [2.75, 3.05) is 6.54 Å². The van der Waals surface area contributed by atoms with Crippen LogP contribution < -0.4 is 11.1 Å². The molecule has 1 aliphatic rings. The highest BCUT2D eigenvalue weighted by Gasteiger charge is 2.18. The number of carbonyl (C=O) groups excluding carboxylic acids is 1. The van der Waals surface area contributed by atoms with E-state index in [1.165, 1.54) is 15.4 Å². The number of aliphatic imine (C=N–C) groups is 1. The van der Waals surface area contributed by atoms with E-state index in [1.54, 1.807) is 17.8 Å². The zero-order valence-electron chi connectivity index (χ0n) is 21.4. The van der Waals surface area contributed by atoms with Crippen LogP contribution in [0.1, 0.15) is 58.2 Å². The van der Waals surface area contributed by atoms with E-state index in [0.29, 0.717) is 13.0 Å². The number of nitrogens with two attached hydrogens (primary N) is 1. The molecule has 1 aromatic heterocycles. The third-order valence-corrected chi connectivity index (χ3v) is 5.41. The maximum atomic E-state index is 10.5. The highest BCUT2D eigenvalue weighted by Crippen LogP contribution is 2.36. The Hall–Kier alpha value is -3.45. The van der Waals surface area contributed by atoms with Gasteiger partial charge in [-0.2, -0.15) is 0 Å². The van der Waals surface area contributed by atoms with Crippen molar-refractivity contribution in [1.82, 2.24) is 10.3 Å². The van der Waals surface area contributed by atoms with E-state index in [-0.39, 0.29) is 5.91 Å². The Morgan fingerprint density at radius 1 is 1.11 bits per heavy atom. The molecule has 0 bridgehead atoms. The van der Waals surface area contributed by atoms with Gasteiger partial charge >= 0.3 is 0 Å². The van der Waals surface area contributed by atoms with E-state index >= 15 is 0 Å². The molecule has 35 heavy (non-hydrogen) atoms.